The zero-order valence-corrected chi connectivity index (χ0v) is 8.74. The number of amides is 1. The van der Waals surface area contributed by atoms with Crippen molar-refractivity contribution in [2.45, 2.75) is 29.2 Å². The first-order valence-corrected chi connectivity index (χ1v) is 5.35. The zero-order chi connectivity index (χ0) is 8.01. The first kappa shape index (κ1) is 7.83. The molecule has 11 heavy (non-hydrogen) atoms. The number of rotatable bonds is 0. The maximum Gasteiger partial charge on any atom is 0.225 e. The van der Waals surface area contributed by atoms with Gasteiger partial charge in [-0.15, -0.1) is 0 Å². The lowest BCUT2D eigenvalue weighted by molar-refractivity contribution is -0.130. The smallest absolute Gasteiger partial charge is 0.225 e. The van der Waals surface area contributed by atoms with Crippen LogP contribution in [0.4, 0.5) is 0 Å². The van der Waals surface area contributed by atoms with Crippen LogP contribution >= 0.6 is 22.6 Å². The Balaban J connectivity index is 2.22. The van der Waals surface area contributed by atoms with Gasteiger partial charge in [0, 0.05) is 22.9 Å². The molecule has 2 fully saturated rings. The Bertz CT molecular complexity index is 195. The molecule has 0 spiro atoms. The largest absolute Gasteiger partial charge is 0.341 e. The second kappa shape index (κ2) is 2.61. The maximum absolute atomic E-state index is 11.5. The third kappa shape index (κ3) is 1.08. The molecule has 3 atom stereocenters. The van der Waals surface area contributed by atoms with Gasteiger partial charge in [-0.05, 0) is 19.3 Å². The van der Waals surface area contributed by atoms with Crippen LogP contribution in [-0.4, -0.2) is 27.8 Å². The molecular formula is C8H12INO. The molecule has 2 bridgehead atoms. The van der Waals surface area contributed by atoms with Gasteiger partial charge in [-0.2, -0.15) is 0 Å². The lowest BCUT2D eigenvalue weighted by atomic mass is 9.90. The highest BCUT2D eigenvalue weighted by Crippen LogP contribution is 2.38. The van der Waals surface area contributed by atoms with Crippen molar-refractivity contribution in [3.05, 3.63) is 0 Å². The lowest BCUT2D eigenvalue weighted by Gasteiger charge is -2.25. The quantitative estimate of drug-likeness (QED) is 0.479. The molecule has 1 heterocycles. The Labute approximate surface area is 80.5 Å². The fraction of sp³-hybridized carbons (Fsp3) is 0.875. The number of carbonyl (C=O) groups excluding carboxylic acids is 1. The van der Waals surface area contributed by atoms with Crippen molar-refractivity contribution < 1.29 is 4.79 Å². The van der Waals surface area contributed by atoms with Crippen LogP contribution in [0.2, 0.25) is 0 Å². The van der Waals surface area contributed by atoms with Gasteiger partial charge in [-0.25, -0.2) is 0 Å². The minimum Gasteiger partial charge on any atom is -0.341 e. The average Bonchev–Trinajstić information content (AvgIpc) is 2.24. The van der Waals surface area contributed by atoms with Gasteiger partial charge >= 0.3 is 0 Å². The number of carbonyl (C=O) groups is 1. The Morgan fingerprint density at radius 2 is 2.27 bits per heavy atom. The van der Waals surface area contributed by atoms with Crippen molar-refractivity contribution in [1.82, 2.24) is 4.90 Å². The van der Waals surface area contributed by atoms with Crippen LogP contribution in [0.3, 0.4) is 0 Å². The molecule has 1 unspecified atom stereocenters. The summed E-state index contributed by atoms with van der Waals surface area (Å²) >= 11 is 2.48. The lowest BCUT2D eigenvalue weighted by Crippen LogP contribution is -2.34. The molecule has 3 heteroatoms. The minimum absolute atomic E-state index is 0.371. The van der Waals surface area contributed by atoms with Gasteiger partial charge in [-0.1, -0.05) is 22.6 Å². The summed E-state index contributed by atoms with van der Waals surface area (Å²) in [6.45, 7) is 0. The fourth-order valence-corrected chi connectivity index (χ4v) is 3.32. The van der Waals surface area contributed by atoms with Crippen molar-refractivity contribution >= 4 is 28.5 Å². The molecule has 0 aromatic heterocycles. The third-order valence-electron chi connectivity index (χ3n) is 2.93. The highest BCUT2D eigenvalue weighted by atomic mass is 127. The Hall–Kier alpha value is 0.200. The summed E-state index contributed by atoms with van der Waals surface area (Å²) in [6, 6.07) is 0.543. The molecule has 1 aliphatic heterocycles. The van der Waals surface area contributed by atoms with Crippen molar-refractivity contribution in [3.8, 4) is 0 Å². The molecule has 62 valence electrons. The summed E-state index contributed by atoms with van der Waals surface area (Å²) in [7, 11) is 1.95. The standard InChI is InChI=1S/C8H12INO/c1-10-7-4-5(8(10)11)2-3-6(7)9/h5-7H,2-4H2,1H3/t5-,6?,7-/m0/s1. The SMILES string of the molecule is CN1C(=O)[C@H]2CCC(I)[C@@H]1C2. The van der Waals surface area contributed by atoms with E-state index in [2.05, 4.69) is 22.6 Å². The summed E-state index contributed by atoms with van der Waals surface area (Å²) < 4.78 is 0.695. The minimum atomic E-state index is 0.371. The van der Waals surface area contributed by atoms with Gasteiger partial charge in [0.15, 0.2) is 0 Å². The average molecular weight is 265 g/mol. The van der Waals surface area contributed by atoms with Crippen molar-refractivity contribution in [2.75, 3.05) is 7.05 Å². The number of hydrogen-bond acceptors (Lipinski definition) is 1. The Morgan fingerprint density at radius 1 is 1.55 bits per heavy atom. The number of hydrogen-bond donors (Lipinski definition) is 0. The van der Waals surface area contributed by atoms with E-state index in [-0.39, 0.29) is 0 Å². The maximum atomic E-state index is 11.5. The summed E-state index contributed by atoms with van der Waals surface area (Å²) in [5.74, 6) is 0.755. The number of alkyl halides is 1. The van der Waals surface area contributed by atoms with Gasteiger partial charge < -0.3 is 4.90 Å². The molecular weight excluding hydrogens is 253 g/mol. The Kier molecular flexibility index (Phi) is 1.85. The van der Waals surface area contributed by atoms with Crippen LogP contribution in [-0.2, 0) is 4.79 Å². The van der Waals surface area contributed by atoms with Gasteiger partial charge in [0.2, 0.25) is 5.91 Å². The summed E-state index contributed by atoms with van der Waals surface area (Å²) in [5, 5.41) is 0. The van der Waals surface area contributed by atoms with Crippen molar-refractivity contribution in [1.29, 1.82) is 0 Å². The van der Waals surface area contributed by atoms with Crippen LogP contribution < -0.4 is 0 Å². The normalized spacial score (nSPS) is 43.3. The van der Waals surface area contributed by atoms with E-state index >= 15 is 0 Å². The zero-order valence-electron chi connectivity index (χ0n) is 6.59. The van der Waals surface area contributed by atoms with Crippen LogP contribution in [0.25, 0.3) is 0 Å². The predicted molar refractivity (Wildman–Crippen MR) is 51.7 cm³/mol. The van der Waals surface area contributed by atoms with Crippen LogP contribution in [0, 0.1) is 5.92 Å². The van der Waals surface area contributed by atoms with E-state index in [9.17, 15) is 4.79 Å². The van der Waals surface area contributed by atoms with Crippen LogP contribution in [0.5, 0.6) is 0 Å². The van der Waals surface area contributed by atoms with E-state index in [0.29, 0.717) is 21.8 Å². The first-order chi connectivity index (χ1) is 5.20. The molecule has 2 aliphatic rings. The van der Waals surface area contributed by atoms with Crippen LogP contribution in [0.15, 0.2) is 0 Å². The van der Waals surface area contributed by atoms with Crippen molar-refractivity contribution in [3.63, 3.8) is 0 Å². The van der Waals surface area contributed by atoms with E-state index in [4.69, 9.17) is 0 Å². The monoisotopic (exact) mass is 265 g/mol. The number of fused-ring (bicyclic) bond motifs is 2. The highest BCUT2D eigenvalue weighted by molar-refractivity contribution is 14.1. The second-order valence-corrected chi connectivity index (χ2v) is 5.14. The van der Waals surface area contributed by atoms with Gasteiger partial charge in [-0.3, -0.25) is 4.79 Å². The van der Waals surface area contributed by atoms with E-state index in [1.54, 1.807) is 0 Å². The highest BCUT2D eigenvalue weighted by Gasteiger charge is 2.43. The van der Waals surface area contributed by atoms with E-state index in [1.165, 1.54) is 6.42 Å². The molecule has 1 saturated heterocycles. The van der Waals surface area contributed by atoms with Gasteiger partial charge in [0.05, 0.1) is 0 Å². The molecule has 0 aromatic carbocycles. The molecule has 0 radical (unpaired) electrons. The summed E-state index contributed by atoms with van der Waals surface area (Å²) in [4.78, 5) is 13.4. The van der Waals surface area contributed by atoms with Crippen molar-refractivity contribution in [2.24, 2.45) is 5.92 Å². The first-order valence-electron chi connectivity index (χ1n) is 4.11. The van der Waals surface area contributed by atoms with Gasteiger partial charge in [0.25, 0.3) is 0 Å². The molecule has 1 saturated carbocycles. The topological polar surface area (TPSA) is 20.3 Å². The van der Waals surface area contributed by atoms with E-state index in [1.807, 2.05) is 11.9 Å². The third-order valence-corrected chi connectivity index (χ3v) is 4.38. The molecule has 2 rings (SSSR count). The van der Waals surface area contributed by atoms with Gasteiger partial charge in [0.1, 0.15) is 0 Å². The molecule has 2 nitrogen and oxygen atoms in total. The fourth-order valence-electron chi connectivity index (χ4n) is 2.19. The van der Waals surface area contributed by atoms with Crippen LogP contribution in [0.1, 0.15) is 19.3 Å². The second-order valence-electron chi connectivity index (χ2n) is 3.54. The summed E-state index contributed by atoms with van der Waals surface area (Å²) in [5.41, 5.74) is 0. The molecule has 0 aromatic rings. The number of halogens is 1. The number of nitrogens with zero attached hydrogens (tertiary/aromatic N) is 1. The molecule has 1 aliphatic carbocycles. The van der Waals surface area contributed by atoms with E-state index < -0.39 is 0 Å². The number of likely N-dealkylation sites (tertiary alicyclic amines) is 1. The summed E-state index contributed by atoms with van der Waals surface area (Å²) in [6.07, 6.45) is 3.46. The van der Waals surface area contributed by atoms with E-state index in [0.717, 1.165) is 12.8 Å². The molecule has 1 amide bonds. The Morgan fingerprint density at radius 3 is 2.91 bits per heavy atom. The predicted octanol–water partition coefficient (Wildman–Crippen LogP) is 1.43. The molecule has 0 N–H and O–H groups in total.